The quantitative estimate of drug-likeness (QED) is 0.490. The van der Waals surface area contributed by atoms with Gasteiger partial charge in [-0.05, 0) is 24.3 Å². The van der Waals surface area contributed by atoms with E-state index in [1.807, 2.05) is 17.8 Å². The number of imidazole rings is 1. The highest BCUT2D eigenvalue weighted by Gasteiger charge is 2.24. The van der Waals surface area contributed by atoms with Crippen molar-refractivity contribution in [3.8, 4) is 0 Å². The predicted octanol–water partition coefficient (Wildman–Crippen LogP) is -0.0757. The second kappa shape index (κ2) is 9.29. The average Bonchev–Trinajstić information content (AvgIpc) is 3.20. The van der Waals surface area contributed by atoms with E-state index in [0.29, 0.717) is 18.9 Å². The van der Waals surface area contributed by atoms with Gasteiger partial charge < -0.3 is 14.6 Å². The minimum atomic E-state index is -0.104. The first-order valence-electron chi connectivity index (χ1n) is 9.01. The molecule has 27 heavy (non-hydrogen) atoms. The maximum absolute atomic E-state index is 12.2. The minimum absolute atomic E-state index is 0.104. The highest BCUT2D eigenvalue weighted by molar-refractivity contribution is 7.99. The van der Waals surface area contributed by atoms with Crippen LogP contribution in [0.25, 0.3) is 0 Å². The van der Waals surface area contributed by atoms with Gasteiger partial charge in [-0.3, -0.25) is 9.69 Å². The van der Waals surface area contributed by atoms with Crippen LogP contribution >= 0.6 is 11.8 Å². The number of nitrogens with zero attached hydrogens (tertiary/aromatic N) is 7. The number of thioether (sulfide) groups is 1. The van der Waals surface area contributed by atoms with Crippen LogP contribution in [0.5, 0.6) is 0 Å². The summed E-state index contributed by atoms with van der Waals surface area (Å²) in [6.45, 7) is 7.05. The standard InChI is InChI=1S/C16H26N8O2S/c1-12-8-23(9-13(2)26-12)10-14-19-20-21-24(14)11-15(25)17-5-7-27-16-18-4-6-22(16)3/h4,6,12-13H,5,7-11H2,1-3H3,(H,17,25)/t12-,13+. The first-order chi connectivity index (χ1) is 13.0. The lowest BCUT2D eigenvalue weighted by Crippen LogP contribution is -2.45. The van der Waals surface area contributed by atoms with Crippen molar-refractivity contribution in [2.75, 3.05) is 25.4 Å². The van der Waals surface area contributed by atoms with Crippen molar-refractivity contribution in [1.82, 2.24) is 40.0 Å². The topological polar surface area (TPSA) is 103 Å². The fourth-order valence-electron chi connectivity index (χ4n) is 3.09. The molecular weight excluding hydrogens is 368 g/mol. The first kappa shape index (κ1) is 19.8. The van der Waals surface area contributed by atoms with Gasteiger partial charge in [-0.25, -0.2) is 9.67 Å². The maximum atomic E-state index is 12.2. The molecule has 10 nitrogen and oxygen atoms in total. The summed E-state index contributed by atoms with van der Waals surface area (Å²) in [5, 5.41) is 15.6. The van der Waals surface area contributed by atoms with Crippen LogP contribution in [0.15, 0.2) is 17.6 Å². The second-order valence-electron chi connectivity index (χ2n) is 6.72. The second-order valence-corrected chi connectivity index (χ2v) is 7.79. The molecule has 2 aromatic heterocycles. The van der Waals surface area contributed by atoms with Gasteiger partial charge in [0.15, 0.2) is 11.0 Å². The van der Waals surface area contributed by atoms with Crippen LogP contribution in [-0.4, -0.2) is 78.2 Å². The van der Waals surface area contributed by atoms with Crippen LogP contribution < -0.4 is 5.32 Å². The van der Waals surface area contributed by atoms with Crippen LogP contribution in [0.3, 0.4) is 0 Å². The summed E-state index contributed by atoms with van der Waals surface area (Å²) < 4.78 is 9.26. The van der Waals surface area contributed by atoms with Crippen molar-refractivity contribution in [2.45, 2.75) is 44.3 Å². The molecule has 148 valence electrons. The number of aryl methyl sites for hydroxylation is 1. The summed E-state index contributed by atoms with van der Waals surface area (Å²) in [6, 6.07) is 0. The van der Waals surface area contributed by atoms with Crippen molar-refractivity contribution >= 4 is 17.7 Å². The molecule has 2 aromatic rings. The van der Waals surface area contributed by atoms with Gasteiger partial charge in [0.1, 0.15) is 6.54 Å². The number of carbonyl (C=O) groups excluding carboxylic acids is 1. The van der Waals surface area contributed by atoms with Gasteiger partial charge in [0.2, 0.25) is 5.91 Å². The summed E-state index contributed by atoms with van der Waals surface area (Å²) in [7, 11) is 1.95. The molecule has 0 aliphatic carbocycles. The number of amides is 1. The van der Waals surface area contributed by atoms with Crippen molar-refractivity contribution in [3.05, 3.63) is 18.2 Å². The fraction of sp³-hybridized carbons (Fsp3) is 0.688. The summed E-state index contributed by atoms with van der Waals surface area (Å²) in [4.78, 5) is 18.7. The third-order valence-electron chi connectivity index (χ3n) is 4.19. The Balaban J connectivity index is 1.43. The molecule has 2 atom stereocenters. The number of tetrazole rings is 1. The third-order valence-corrected chi connectivity index (χ3v) is 5.25. The first-order valence-corrected chi connectivity index (χ1v) is 9.99. The lowest BCUT2D eigenvalue weighted by atomic mass is 10.2. The lowest BCUT2D eigenvalue weighted by Gasteiger charge is -2.34. The SMILES string of the molecule is C[C@@H]1CN(Cc2nnnn2CC(=O)NCCSc2nccn2C)C[C@H](C)O1. The van der Waals surface area contributed by atoms with Crippen molar-refractivity contribution in [1.29, 1.82) is 0 Å². The Morgan fingerprint density at radius 2 is 2.15 bits per heavy atom. The average molecular weight is 395 g/mol. The van der Waals surface area contributed by atoms with Gasteiger partial charge >= 0.3 is 0 Å². The Morgan fingerprint density at radius 1 is 1.37 bits per heavy atom. The van der Waals surface area contributed by atoms with Crippen molar-refractivity contribution in [3.63, 3.8) is 0 Å². The highest BCUT2D eigenvalue weighted by Crippen LogP contribution is 2.14. The Labute approximate surface area is 162 Å². The molecule has 1 aliphatic heterocycles. The van der Waals surface area contributed by atoms with Gasteiger partial charge in [0.25, 0.3) is 0 Å². The molecular formula is C16H26N8O2S. The zero-order valence-electron chi connectivity index (χ0n) is 15.9. The van der Waals surface area contributed by atoms with Crippen LogP contribution in [0.2, 0.25) is 0 Å². The predicted molar refractivity (Wildman–Crippen MR) is 100 cm³/mol. The molecule has 1 aliphatic rings. The largest absolute Gasteiger partial charge is 0.373 e. The highest BCUT2D eigenvalue weighted by atomic mass is 32.2. The van der Waals surface area contributed by atoms with E-state index in [9.17, 15) is 4.79 Å². The third kappa shape index (κ3) is 5.75. The van der Waals surface area contributed by atoms with Gasteiger partial charge in [-0.15, -0.1) is 5.10 Å². The van der Waals surface area contributed by atoms with Crippen molar-refractivity contribution in [2.24, 2.45) is 7.05 Å². The van der Waals surface area contributed by atoms with E-state index in [1.54, 1.807) is 22.6 Å². The number of nitrogens with one attached hydrogen (secondary N) is 1. The molecule has 0 spiro atoms. The number of hydrogen-bond donors (Lipinski definition) is 1. The maximum Gasteiger partial charge on any atom is 0.241 e. The monoisotopic (exact) mass is 394 g/mol. The Morgan fingerprint density at radius 3 is 2.85 bits per heavy atom. The fourth-order valence-corrected chi connectivity index (χ4v) is 3.88. The van der Waals surface area contributed by atoms with Gasteiger partial charge in [-0.2, -0.15) is 0 Å². The number of ether oxygens (including phenoxy) is 1. The molecule has 1 N–H and O–H groups in total. The van der Waals surface area contributed by atoms with Gasteiger partial charge in [0.05, 0.1) is 18.8 Å². The van der Waals surface area contributed by atoms with E-state index in [-0.39, 0.29) is 24.7 Å². The zero-order valence-corrected chi connectivity index (χ0v) is 16.7. The minimum Gasteiger partial charge on any atom is -0.373 e. The zero-order chi connectivity index (χ0) is 19.2. The summed E-state index contributed by atoms with van der Waals surface area (Å²) >= 11 is 1.60. The van der Waals surface area contributed by atoms with Crippen LogP contribution in [0, 0.1) is 0 Å². The van der Waals surface area contributed by atoms with Crippen LogP contribution in [0.1, 0.15) is 19.7 Å². The molecule has 0 unspecified atom stereocenters. The number of rotatable bonds is 8. The van der Waals surface area contributed by atoms with E-state index in [4.69, 9.17) is 4.74 Å². The summed E-state index contributed by atoms with van der Waals surface area (Å²) in [5.74, 6) is 1.34. The van der Waals surface area contributed by atoms with Gasteiger partial charge in [0, 0.05) is 44.8 Å². The lowest BCUT2D eigenvalue weighted by molar-refractivity contribution is -0.121. The van der Waals surface area contributed by atoms with E-state index in [0.717, 1.165) is 24.0 Å². The molecule has 1 amide bonds. The van der Waals surface area contributed by atoms with E-state index < -0.39 is 0 Å². The summed E-state index contributed by atoms with van der Waals surface area (Å²) in [6.07, 6.45) is 4.02. The number of carbonyl (C=O) groups is 1. The summed E-state index contributed by atoms with van der Waals surface area (Å²) in [5.41, 5.74) is 0. The molecule has 0 saturated carbocycles. The van der Waals surface area contributed by atoms with E-state index in [2.05, 4.69) is 44.6 Å². The van der Waals surface area contributed by atoms with E-state index >= 15 is 0 Å². The van der Waals surface area contributed by atoms with Crippen molar-refractivity contribution < 1.29 is 9.53 Å². The molecule has 1 fully saturated rings. The molecule has 3 heterocycles. The number of aromatic nitrogens is 6. The molecule has 1 saturated heterocycles. The molecule has 3 rings (SSSR count). The molecule has 0 radical (unpaired) electrons. The Hall–Kier alpha value is -1.98. The number of morpholine rings is 1. The number of hydrogen-bond acceptors (Lipinski definition) is 8. The smallest absolute Gasteiger partial charge is 0.241 e. The Kier molecular flexibility index (Phi) is 6.80. The molecule has 0 aromatic carbocycles. The molecule has 0 bridgehead atoms. The normalized spacial score (nSPS) is 20.7. The van der Waals surface area contributed by atoms with Crippen LogP contribution in [0.4, 0.5) is 0 Å². The van der Waals surface area contributed by atoms with Gasteiger partial charge in [-0.1, -0.05) is 11.8 Å². The Bertz CT molecular complexity index is 738. The molecule has 11 heteroatoms. The van der Waals surface area contributed by atoms with Crippen LogP contribution in [-0.2, 0) is 29.7 Å². The van der Waals surface area contributed by atoms with E-state index in [1.165, 1.54) is 0 Å².